The van der Waals surface area contributed by atoms with Crippen LogP contribution < -0.4 is 9.64 Å². The van der Waals surface area contributed by atoms with Crippen LogP contribution in [-0.4, -0.2) is 37.1 Å². The molecule has 1 saturated heterocycles. The molecule has 164 valence electrons. The van der Waals surface area contributed by atoms with Crippen molar-refractivity contribution in [1.29, 1.82) is 0 Å². The highest BCUT2D eigenvalue weighted by Crippen LogP contribution is 2.30. The second-order valence-electron chi connectivity index (χ2n) is 7.41. The van der Waals surface area contributed by atoms with Crippen LogP contribution in [0.25, 0.3) is 6.08 Å². The molecule has 2 aromatic carbocycles. The molecular weight excluding hydrogens is 431 g/mol. The van der Waals surface area contributed by atoms with Crippen LogP contribution in [0.5, 0.6) is 5.88 Å². The van der Waals surface area contributed by atoms with Crippen LogP contribution in [0.4, 0.5) is 10.1 Å². The number of hydrogen-bond donors (Lipinski definition) is 0. The summed E-state index contributed by atoms with van der Waals surface area (Å²) in [6.45, 7) is 1.44. The average molecular weight is 453 g/mol. The minimum atomic E-state index is -0.376. The molecule has 0 N–H and O–H groups in total. The fraction of sp³-hybridized carbons (Fsp3) is 0.200. The number of carbonyl (C=O) groups excluding carboxylic acids is 1. The largest absolute Gasteiger partial charge is 0.504 e. The monoisotopic (exact) mass is 452 g/mol. The number of benzene rings is 2. The van der Waals surface area contributed by atoms with E-state index >= 15 is 0 Å². The van der Waals surface area contributed by atoms with E-state index in [2.05, 4.69) is 9.88 Å². The van der Waals surface area contributed by atoms with Crippen molar-refractivity contribution in [2.75, 3.05) is 25.1 Å². The van der Waals surface area contributed by atoms with Crippen LogP contribution in [0.1, 0.15) is 27.9 Å². The molecule has 4 rings (SSSR count). The van der Waals surface area contributed by atoms with Crippen LogP contribution >= 0.6 is 11.6 Å². The van der Waals surface area contributed by atoms with Gasteiger partial charge in [0.25, 0.3) is 0 Å². The van der Waals surface area contributed by atoms with E-state index in [0.717, 1.165) is 24.2 Å². The lowest BCUT2D eigenvalue weighted by Crippen LogP contribution is -2.25. The summed E-state index contributed by atoms with van der Waals surface area (Å²) in [6, 6.07) is 14.6. The minimum Gasteiger partial charge on any atom is -0.504 e. The Labute approximate surface area is 191 Å². The lowest BCUT2D eigenvalue weighted by Gasteiger charge is -2.22. The average Bonchev–Trinajstić information content (AvgIpc) is 3.27. The molecule has 0 unspecified atom stereocenters. The summed E-state index contributed by atoms with van der Waals surface area (Å²) in [5.74, 6) is -0.116. The molecule has 0 amide bonds. The second-order valence-corrected chi connectivity index (χ2v) is 7.82. The van der Waals surface area contributed by atoms with Crippen LogP contribution in [0, 0.1) is 5.82 Å². The van der Waals surface area contributed by atoms with Crippen molar-refractivity contribution in [2.45, 2.75) is 12.5 Å². The Morgan fingerprint density at radius 2 is 1.97 bits per heavy atom. The van der Waals surface area contributed by atoms with E-state index in [9.17, 15) is 9.18 Å². The van der Waals surface area contributed by atoms with E-state index in [-0.39, 0.29) is 17.7 Å². The molecule has 0 bridgehead atoms. The zero-order valence-electron chi connectivity index (χ0n) is 17.5. The Hall–Kier alpha value is -3.38. The summed E-state index contributed by atoms with van der Waals surface area (Å²) in [4.78, 5) is 19.3. The van der Waals surface area contributed by atoms with Crippen molar-refractivity contribution in [3.63, 3.8) is 0 Å². The predicted molar refractivity (Wildman–Crippen MR) is 123 cm³/mol. The standard InChI is InChI=1S/C25H22ClFN2O3/c1-31-14-11-18-15-19(24(30)17-4-7-20(27)8-5-17)6-9-23(18)29-13-10-21(16-29)32-25-22(26)3-2-12-28-25/h2-9,11-12,14-15,21H,10,13,16H2,1H3/b14-11-/t21-/m0/s1. The summed E-state index contributed by atoms with van der Waals surface area (Å²) < 4.78 is 24.3. The Kier molecular flexibility index (Phi) is 6.71. The summed E-state index contributed by atoms with van der Waals surface area (Å²) in [7, 11) is 1.57. The van der Waals surface area contributed by atoms with Crippen LogP contribution in [0.3, 0.4) is 0 Å². The number of halogens is 2. The van der Waals surface area contributed by atoms with Crippen molar-refractivity contribution in [3.8, 4) is 5.88 Å². The molecule has 1 aromatic heterocycles. The zero-order chi connectivity index (χ0) is 22.5. The highest BCUT2D eigenvalue weighted by Gasteiger charge is 2.27. The van der Waals surface area contributed by atoms with Crippen molar-refractivity contribution in [2.24, 2.45) is 0 Å². The first-order chi connectivity index (χ1) is 15.5. The van der Waals surface area contributed by atoms with Gasteiger partial charge < -0.3 is 14.4 Å². The molecule has 1 atom stereocenters. The number of ether oxygens (including phenoxy) is 2. The first-order valence-electron chi connectivity index (χ1n) is 10.2. The lowest BCUT2D eigenvalue weighted by molar-refractivity contribution is 0.103. The fourth-order valence-electron chi connectivity index (χ4n) is 3.69. The maximum Gasteiger partial charge on any atom is 0.232 e. The van der Waals surface area contributed by atoms with Crippen molar-refractivity contribution in [3.05, 3.63) is 94.6 Å². The molecular formula is C25H22ClFN2O3. The van der Waals surface area contributed by atoms with Gasteiger partial charge in [-0.2, -0.15) is 0 Å². The number of nitrogens with zero attached hydrogens (tertiary/aromatic N) is 2. The van der Waals surface area contributed by atoms with Gasteiger partial charge in [-0.1, -0.05) is 11.6 Å². The SMILES string of the molecule is CO/C=C\c1cc(C(=O)c2ccc(F)cc2)ccc1N1CC[C@H](Oc2ncccc2Cl)C1. The van der Waals surface area contributed by atoms with E-state index in [4.69, 9.17) is 21.1 Å². The highest BCUT2D eigenvalue weighted by atomic mass is 35.5. The summed E-state index contributed by atoms with van der Waals surface area (Å²) in [5, 5.41) is 0.485. The van der Waals surface area contributed by atoms with Crippen LogP contribution in [0.2, 0.25) is 5.02 Å². The van der Waals surface area contributed by atoms with Gasteiger partial charge in [0, 0.05) is 41.5 Å². The number of methoxy groups -OCH3 is 1. The molecule has 0 spiro atoms. The predicted octanol–water partition coefficient (Wildman–Crippen LogP) is 5.38. The maximum absolute atomic E-state index is 13.2. The fourth-order valence-corrected chi connectivity index (χ4v) is 3.85. The number of rotatable bonds is 7. The van der Waals surface area contributed by atoms with Gasteiger partial charge in [0.1, 0.15) is 16.9 Å². The third kappa shape index (κ3) is 4.92. The molecule has 0 saturated carbocycles. The zero-order valence-corrected chi connectivity index (χ0v) is 18.3. The van der Waals surface area contributed by atoms with Crippen molar-refractivity contribution >= 4 is 29.1 Å². The topological polar surface area (TPSA) is 51.7 Å². The normalized spacial score (nSPS) is 15.8. The molecule has 0 radical (unpaired) electrons. The number of ketones is 1. The van der Waals surface area contributed by atoms with Gasteiger partial charge in [0.15, 0.2) is 5.78 Å². The minimum absolute atomic E-state index is 0.0535. The molecule has 5 nitrogen and oxygen atoms in total. The van der Waals surface area contributed by atoms with E-state index in [0.29, 0.717) is 28.6 Å². The first-order valence-corrected chi connectivity index (χ1v) is 10.6. The Balaban J connectivity index is 1.55. The lowest BCUT2D eigenvalue weighted by atomic mass is 10.00. The van der Waals surface area contributed by atoms with Crippen LogP contribution in [-0.2, 0) is 4.74 Å². The first kappa shape index (κ1) is 21.8. The van der Waals surface area contributed by atoms with Crippen LogP contribution in [0.15, 0.2) is 67.1 Å². The van der Waals surface area contributed by atoms with Gasteiger partial charge in [-0.3, -0.25) is 4.79 Å². The van der Waals surface area contributed by atoms with Crippen molar-refractivity contribution < 1.29 is 18.7 Å². The molecule has 32 heavy (non-hydrogen) atoms. The smallest absolute Gasteiger partial charge is 0.232 e. The molecule has 1 fully saturated rings. The van der Waals surface area contributed by atoms with Gasteiger partial charge in [0.2, 0.25) is 5.88 Å². The maximum atomic E-state index is 13.2. The quantitative estimate of drug-likeness (QED) is 0.356. The number of pyridine rings is 1. The molecule has 2 heterocycles. The Morgan fingerprint density at radius 1 is 1.19 bits per heavy atom. The van der Waals surface area contributed by atoms with E-state index in [1.54, 1.807) is 37.8 Å². The molecule has 7 heteroatoms. The van der Waals surface area contributed by atoms with E-state index in [1.165, 1.54) is 24.3 Å². The van der Waals surface area contributed by atoms with E-state index in [1.807, 2.05) is 18.2 Å². The van der Waals surface area contributed by atoms with Gasteiger partial charge in [-0.05, 0) is 60.7 Å². The summed E-state index contributed by atoms with van der Waals surface area (Å²) >= 11 is 6.17. The van der Waals surface area contributed by atoms with Gasteiger partial charge in [0.05, 0.1) is 19.9 Å². The van der Waals surface area contributed by atoms with Gasteiger partial charge in [-0.25, -0.2) is 9.37 Å². The molecule has 0 aliphatic carbocycles. The number of aromatic nitrogens is 1. The highest BCUT2D eigenvalue weighted by molar-refractivity contribution is 6.31. The molecule has 3 aromatic rings. The van der Waals surface area contributed by atoms with E-state index < -0.39 is 0 Å². The van der Waals surface area contributed by atoms with Gasteiger partial charge >= 0.3 is 0 Å². The molecule has 1 aliphatic heterocycles. The Bertz CT molecular complexity index is 1130. The number of hydrogen-bond acceptors (Lipinski definition) is 5. The summed E-state index contributed by atoms with van der Waals surface area (Å²) in [5.41, 5.74) is 2.76. The number of carbonyl (C=O) groups is 1. The number of anilines is 1. The second kappa shape index (κ2) is 9.83. The van der Waals surface area contributed by atoms with Crippen molar-refractivity contribution in [1.82, 2.24) is 4.98 Å². The molecule has 1 aliphatic rings. The summed E-state index contributed by atoms with van der Waals surface area (Å²) in [6.07, 6.45) is 5.81. The Morgan fingerprint density at radius 3 is 2.72 bits per heavy atom. The third-order valence-corrected chi connectivity index (χ3v) is 5.56. The third-order valence-electron chi connectivity index (χ3n) is 5.27. The van der Waals surface area contributed by atoms with Gasteiger partial charge in [-0.15, -0.1) is 0 Å².